The van der Waals surface area contributed by atoms with Gasteiger partial charge in [0.1, 0.15) is 0 Å². The molecule has 0 saturated carbocycles. The minimum absolute atomic E-state index is 0.140. The average Bonchev–Trinajstić information content (AvgIpc) is 2.34. The topological polar surface area (TPSA) is 46.2 Å². The van der Waals surface area contributed by atoms with E-state index in [4.69, 9.17) is 5.73 Å². The first-order valence-electron chi connectivity index (χ1n) is 6.24. The molecule has 2 nitrogen and oxygen atoms in total. The molecule has 0 radical (unpaired) electrons. The number of aliphatic hydroxyl groups excluding tert-OH is 1. The zero-order valence-electron chi connectivity index (χ0n) is 10.1. The quantitative estimate of drug-likeness (QED) is 0.695. The smallest absolute Gasteiger partial charge is 0.0940 e. The summed E-state index contributed by atoms with van der Waals surface area (Å²) >= 11 is 0. The fourth-order valence-corrected chi connectivity index (χ4v) is 1.86. The van der Waals surface area contributed by atoms with Gasteiger partial charge in [-0.1, -0.05) is 62.9 Å². The number of benzene rings is 1. The number of unbranched alkanes of at least 4 members (excludes halogenated alkanes) is 3. The molecule has 0 spiro atoms. The van der Waals surface area contributed by atoms with Gasteiger partial charge in [-0.3, -0.25) is 0 Å². The Morgan fingerprint density at radius 1 is 1.12 bits per heavy atom. The van der Waals surface area contributed by atoms with E-state index in [9.17, 15) is 5.11 Å². The van der Waals surface area contributed by atoms with Gasteiger partial charge in [-0.2, -0.15) is 0 Å². The Labute approximate surface area is 98.5 Å². The summed E-state index contributed by atoms with van der Waals surface area (Å²) in [5.41, 5.74) is 6.90. The van der Waals surface area contributed by atoms with Crippen LogP contribution in [0.25, 0.3) is 0 Å². The van der Waals surface area contributed by atoms with Crippen molar-refractivity contribution in [3.63, 3.8) is 0 Å². The van der Waals surface area contributed by atoms with Crippen molar-refractivity contribution in [1.29, 1.82) is 0 Å². The molecule has 0 aliphatic rings. The predicted octanol–water partition coefficient (Wildman–Crippen LogP) is 3.02. The van der Waals surface area contributed by atoms with Gasteiger partial charge in [0.05, 0.1) is 6.10 Å². The van der Waals surface area contributed by atoms with Crippen molar-refractivity contribution >= 4 is 0 Å². The standard InChI is InChI=1S/C14H23NO/c1-2-3-4-8-11-13(15)14(16)12-9-6-5-7-10-12/h5-7,9-10,13-14,16H,2-4,8,11,15H2,1H3. The lowest BCUT2D eigenvalue weighted by Gasteiger charge is -2.19. The summed E-state index contributed by atoms with van der Waals surface area (Å²) in [7, 11) is 0. The van der Waals surface area contributed by atoms with Gasteiger partial charge in [0, 0.05) is 6.04 Å². The van der Waals surface area contributed by atoms with Crippen LogP contribution in [0.15, 0.2) is 30.3 Å². The summed E-state index contributed by atoms with van der Waals surface area (Å²) in [4.78, 5) is 0. The van der Waals surface area contributed by atoms with Crippen molar-refractivity contribution in [2.45, 2.75) is 51.2 Å². The largest absolute Gasteiger partial charge is 0.387 e. The zero-order chi connectivity index (χ0) is 11.8. The van der Waals surface area contributed by atoms with Crippen molar-refractivity contribution < 1.29 is 5.11 Å². The molecule has 16 heavy (non-hydrogen) atoms. The molecule has 90 valence electrons. The summed E-state index contributed by atoms with van der Waals surface area (Å²) < 4.78 is 0. The van der Waals surface area contributed by atoms with Gasteiger partial charge in [-0.15, -0.1) is 0 Å². The van der Waals surface area contributed by atoms with Crippen molar-refractivity contribution in [2.75, 3.05) is 0 Å². The van der Waals surface area contributed by atoms with E-state index in [2.05, 4.69) is 6.92 Å². The van der Waals surface area contributed by atoms with E-state index in [0.29, 0.717) is 0 Å². The van der Waals surface area contributed by atoms with E-state index in [1.165, 1.54) is 19.3 Å². The van der Waals surface area contributed by atoms with Crippen LogP contribution >= 0.6 is 0 Å². The third-order valence-corrected chi connectivity index (χ3v) is 2.94. The average molecular weight is 221 g/mol. The Hall–Kier alpha value is -0.860. The van der Waals surface area contributed by atoms with Gasteiger partial charge in [0.25, 0.3) is 0 Å². The summed E-state index contributed by atoms with van der Waals surface area (Å²) in [5.74, 6) is 0. The lowest BCUT2D eigenvalue weighted by atomic mass is 9.98. The first-order chi connectivity index (χ1) is 7.75. The fraction of sp³-hybridized carbons (Fsp3) is 0.571. The highest BCUT2D eigenvalue weighted by atomic mass is 16.3. The Morgan fingerprint density at radius 3 is 2.44 bits per heavy atom. The van der Waals surface area contributed by atoms with Crippen molar-refractivity contribution in [3.8, 4) is 0 Å². The minimum Gasteiger partial charge on any atom is -0.387 e. The van der Waals surface area contributed by atoms with Crippen LogP contribution < -0.4 is 5.73 Å². The van der Waals surface area contributed by atoms with Gasteiger partial charge < -0.3 is 10.8 Å². The SMILES string of the molecule is CCCCCCC(N)C(O)c1ccccc1. The van der Waals surface area contributed by atoms with Crippen LogP contribution in [0.1, 0.15) is 50.7 Å². The molecule has 2 atom stereocenters. The maximum atomic E-state index is 10.0. The molecular weight excluding hydrogens is 198 g/mol. The van der Waals surface area contributed by atoms with Crippen LogP contribution in [0.4, 0.5) is 0 Å². The maximum Gasteiger partial charge on any atom is 0.0940 e. The number of hydrogen-bond donors (Lipinski definition) is 2. The highest BCUT2D eigenvalue weighted by Crippen LogP contribution is 2.18. The highest BCUT2D eigenvalue weighted by molar-refractivity contribution is 5.18. The van der Waals surface area contributed by atoms with Crippen molar-refractivity contribution in [1.82, 2.24) is 0 Å². The van der Waals surface area contributed by atoms with Crippen LogP contribution in [0, 0.1) is 0 Å². The molecular formula is C14H23NO. The molecule has 0 fully saturated rings. The maximum absolute atomic E-state index is 10.0. The monoisotopic (exact) mass is 221 g/mol. The molecule has 1 aromatic carbocycles. The first kappa shape index (κ1) is 13.2. The van der Waals surface area contributed by atoms with E-state index in [0.717, 1.165) is 18.4 Å². The van der Waals surface area contributed by atoms with E-state index < -0.39 is 6.10 Å². The number of aliphatic hydroxyl groups is 1. The first-order valence-corrected chi connectivity index (χ1v) is 6.24. The molecule has 3 N–H and O–H groups in total. The predicted molar refractivity (Wildman–Crippen MR) is 68.1 cm³/mol. The Bertz CT molecular complexity index is 273. The van der Waals surface area contributed by atoms with Crippen molar-refractivity contribution in [2.24, 2.45) is 5.73 Å². The summed E-state index contributed by atoms with van der Waals surface area (Å²) in [6.45, 7) is 2.19. The molecule has 0 amide bonds. The lowest BCUT2D eigenvalue weighted by molar-refractivity contribution is 0.141. The lowest BCUT2D eigenvalue weighted by Crippen LogP contribution is -2.28. The molecule has 1 aromatic rings. The van der Waals surface area contributed by atoms with Gasteiger partial charge in [0.15, 0.2) is 0 Å². The van der Waals surface area contributed by atoms with Crippen LogP contribution in [0.3, 0.4) is 0 Å². The second-order valence-electron chi connectivity index (χ2n) is 4.37. The van der Waals surface area contributed by atoms with E-state index >= 15 is 0 Å². The molecule has 0 aromatic heterocycles. The number of nitrogens with two attached hydrogens (primary N) is 1. The van der Waals surface area contributed by atoms with Crippen LogP contribution in [-0.2, 0) is 0 Å². The number of hydrogen-bond acceptors (Lipinski definition) is 2. The van der Waals surface area contributed by atoms with Crippen LogP contribution in [0.2, 0.25) is 0 Å². The van der Waals surface area contributed by atoms with Crippen molar-refractivity contribution in [3.05, 3.63) is 35.9 Å². The normalized spacial score (nSPS) is 14.7. The summed E-state index contributed by atoms with van der Waals surface area (Å²) in [6, 6.07) is 9.53. The third kappa shape index (κ3) is 4.33. The molecule has 2 unspecified atom stereocenters. The Kier molecular flexibility index (Phi) is 6.12. The zero-order valence-corrected chi connectivity index (χ0v) is 10.1. The third-order valence-electron chi connectivity index (χ3n) is 2.94. The second-order valence-corrected chi connectivity index (χ2v) is 4.37. The van der Waals surface area contributed by atoms with E-state index in [-0.39, 0.29) is 6.04 Å². The van der Waals surface area contributed by atoms with E-state index in [1.807, 2.05) is 30.3 Å². The highest BCUT2D eigenvalue weighted by Gasteiger charge is 2.15. The van der Waals surface area contributed by atoms with E-state index in [1.54, 1.807) is 0 Å². The van der Waals surface area contributed by atoms with Crippen LogP contribution in [0.5, 0.6) is 0 Å². The second kappa shape index (κ2) is 7.42. The van der Waals surface area contributed by atoms with Gasteiger partial charge in [0.2, 0.25) is 0 Å². The minimum atomic E-state index is -0.525. The molecule has 0 saturated heterocycles. The molecule has 0 bridgehead atoms. The molecule has 0 heterocycles. The van der Waals surface area contributed by atoms with Crippen LogP contribution in [-0.4, -0.2) is 11.1 Å². The number of rotatable bonds is 7. The molecule has 2 heteroatoms. The Balaban J connectivity index is 2.33. The Morgan fingerprint density at radius 2 is 1.81 bits per heavy atom. The molecule has 0 aliphatic carbocycles. The molecule has 0 aliphatic heterocycles. The summed E-state index contributed by atoms with van der Waals surface area (Å²) in [5, 5.41) is 10.0. The summed E-state index contributed by atoms with van der Waals surface area (Å²) in [6.07, 6.45) is 5.19. The van der Waals surface area contributed by atoms with Gasteiger partial charge in [-0.05, 0) is 12.0 Å². The van der Waals surface area contributed by atoms with Gasteiger partial charge >= 0.3 is 0 Å². The van der Waals surface area contributed by atoms with Gasteiger partial charge in [-0.25, -0.2) is 0 Å². The fourth-order valence-electron chi connectivity index (χ4n) is 1.86. The molecule has 1 rings (SSSR count).